The van der Waals surface area contributed by atoms with Crippen LogP contribution in [-0.4, -0.2) is 61.7 Å². The normalized spacial score (nSPS) is 19.3. The van der Waals surface area contributed by atoms with Crippen molar-refractivity contribution in [1.82, 2.24) is 9.80 Å². The van der Waals surface area contributed by atoms with E-state index in [2.05, 4.69) is 29.3 Å². The van der Waals surface area contributed by atoms with E-state index in [-0.39, 0.29) is 12.1 Å². The molecular weight excluding hydrogens is 378 g/mol. The molecule has 0 saturated carbocycles. The summed E-state index contributed by atoms with van der Waals surface area (Å²) in [7, 11) is 0. The predicted molar refractivity (Wildman–Crippen MR) is 118 cm³/mol. The number of nitrogens with zero attached hydrogens (tertiary/aromatic N) is 2. The van der Waals surface area contributed by atoms with Crippen LogP contribution in [0.2, 0.25) is 0 Å². The number of benzene rings is 2. The summed E-state index contributed by atoms with van der Waals surface area (Å²) in [5.74, 6) is 0.949. The van der Waals surface area contributed by atoms with Crippen LogP contribution in [-0.2, 0) is 4.74 Å². The molecule has 1 amide bonds. The molecule has 1 fully saturated rings. The first kappa shape index (κ1) is 20.7. The molecule has 1 N–H and O–H groups in total. The van der Waals surface area contributed by atoms with Crippen molar-refractivity contribution in [3.63, 3.8) is 0 Å². The summed E-state index contributed by atoms with van der Waals surface area (Å²) in [6.45, 7) is 8.02. The van der Waals surface area contributed by atoms with Gasteiger partial charge in [0.05, 0.1) is 25.4 Å². The Balaban J connectivity index is 1.50. The van der Waals surface area contributed by atoms with E-state index in [1.165, 1.54) is 0 Å². The average molecular weight is 410 g/mol. The number of amides is 1. The van der Waals surface area contributed by atoms with Crippen LogP contribution in [0, 0.1) is 0 Å². The molecule has 0 aromatic heterocycles. The van der Waals surface area contributed by atoms with Gasteiger partial charge in [0.25, 0.3) is 5.91 Å². The van der Waals surface area contributed by atoms with Crippen LogP contribution in [0.1, 0.15) is 41.9 Å². The van der Waals surface area contributed by atoms with E-state index in [1.54, 1.807) is 0 Å². The summed E-state index contributed by atoms with van der Waals surface area (Å²) in [4.78, 5) is 17.7. The number of hydrogen-bond acceptors (Lipinski definition) is 5. The van der Waals surface area contributed by atoms with Crippen molar-refractivity contribution in [2.75, 3.05) is 51.3 Å². The molecule has 160 valence electrons. The van der Waals surface area contributed by atoms with Gasteiger partial charge in [-0.1, -0.05) is 31.2 Å². The molecular formula is C24H31N3O3. The molecule has 6 heteroatoms. The molecule has 4 rings (SSSR count). The minimum Gasteiger partial charge on any atom is -0.494 e. The van der Waals surface area contributed by atoms with Crippen molar-refractivity contribution < 1.29 is 14.3 Å². The standard InChI is InChI=1S/C24H31N3O3/c1-2-16-30-20-10-8-19(9-11-20)23-25-22-7-4-3-6-21(22)24(28)27(23)13-5-12-26-14-17-29-18-15-26/h3-4,6-11,23,25H,2,5,12-18H2,1H3. The molecule has 0 radical (unpaired) electrons. The van der Waals surface area contributed by atoms with E-state index in [4.69, 9.17) is 9.47 Å². The fraction of sp³-hybridized carbons (Fsp3) is 0.458. The molecule has 2 aliphatic heterocycles. The third-order valence-corrected chi connectivity index (χ3v) is 5.67. The number of anilines is 1. The second-order valence-electron chi connectivity index (χ2n) is 7.82. The lowest BCUT2D eigenvalue weighted by Crippen LogP contribution is -2.44. The van der Waals surface area contributed by atoms with Gasteiger partial charge in [-0.15, -0.1) is 0 Å². The van der Waals surface area contributed by atoms with Crippen molar-refractivity contribution in [3.8, 4) is 5.75 Å². The van der Waals surface area contributed by atoms with Crippen LogP contribution in [0.15, 0.2) is 48.5 Å². The van der Waals surface area contributed by atoms with E-state index in [1.807, 2.05) is 41.3 Å². The van der Waals surface area contributed by atoms with Gasteiger partial charge in [0.2, 0.25) is 0 Å². The average Bonchev–Trinajstić information content (AvgIpc) is 2.80. The van der Waals surface area contributed by atoms with Crippen LogP contribution >= 0.6 is 0 Å². The first-order valence-electron chi connectivity index (χ1n) is 11.0. The van der Waals surface area contributed by atoms with Crippen molar-refractivity contribution >= 4 is 11.6 Å². The lowest BCUT2D eigenvalue weighted by molar-refractivity contribution is 0.0348. The Morgan fingerprint density at radius 3 is 2.60 bits per heavy atom. The van der Waals surface area contributed by atoms with Crippen molar-refractivity contribution in [2.24, 2.45) is 0 Å². The lowest BCUT2D eigenvalue weighted by atomic mass is 10.0. The second-order valence-corrected chi connectivity index (χ2v) is 7.82. The zero-order valence-corrected chi connectivity index (χ0v) is 17.7. The Kier molecular flexibility index (Phi) is 6.87. The summed E-state index contributed by atoms with van der Waals surface area (Å²) >= 11 is 0. The molecule has 1 saturated heterocycles. The minimum atomic E-state index is -0.183. The van der Waals surface area contributed by atoms with Crippen LogP contribution in [0.5, 0.6) is 5.75 Å². The van der Waals surface area contributed by atoms with Crippen LogP contribution in [0.25, 0.3) is 0 Å². The number of morpholine rings is 1. The number of para-hydroxylation sites is 1. The monoisotopic (exact) mass is 409 g/mol. The van der Waals surface area contributed by atoms with Crippen LogP contribution < -0.4 is 10.1 Å². The Morgan fingerprint density at radius 1 is 1.07 bits per heavy atom. The summed E-state index contributed by atoms with van der Waals surface area (Å²) in [6.07, 6.45) is 1.73. The second kappa shape index (κ2) is 9.96. The highest BCUT2D eigenvalue weighted by atomic mass is 16.5. The molecule has 2 heterocycles. The van der Waals surface area contributed by atoms with E-state index in [9.17, 15) is 4.79 Å². The highest BCUT2D eigenvalue weighted by Gasteiger charge is 2.32. The summed E-state index contributed by atoms with van der Waals surface area (Å²) in [6, 6.07) is 15.9. The van der Waals surface area contributed by atoms with Crippen molar-refractivity contribution in [1.29, 1.82) is 0 Å². The molecule has 30 heavy (non-hydrogen) atoms. The van der Waals surface area contributed by atoms with Gasteiger partial charge < -0.3 is 19.7 Å². The molecule has 2 aliphatic rings. The smallest absolute Gasteiger partial charge is 0.257 e. The van der Waals surface area contributed by atoms with Gasteiger partial charge in [-0.05, 0) is 42.7 Å². The maximum atomic E-state index is 13.3. The van der Waals surface area contributed by atoms with E-state index < -0.39 is 0 Å². The molecule has 0 bridgehead atoms. The lowest BCUT2D eigenvalue weighted by Gasteiger charge is -2.38. The van der Waals surface area contributed by atoms with Crippen molar-refractivity contribution in [3.05, 3.63) is 59.7 Å². The summed E-state index contributed by atoms with van der Waals surface area (Å²) in [5.41, 5.74) is 2.69. The third kappa shape index (κ3) is 4.77. The molecule has 6 nitrogen and oxygen atoms in total. The zero-order chi connectivity index (χ0) is 20.8. The fourth-order valence-corrected chi connectivity index (χ4v) is 4.04. The quantitative estimate of drug-likeness (QED) is 0.719. The molecule has 2 aromatic rings. The fourth-order valence-electron chi connectivity index (χ4n) is 4.04. The van der Waals surface area contributed by atoms with Gasteiger partial charge in [0, 0.05) is 31.9 Å². The van der Waals surface area contributed by atoms with Crippen LogP contribution in [0.3, 0.4) is 0 Å². The predicted octanol–water partition coefficient (Wildman–Crippen LogP) is 3.76. The van der Waals surface area contributed by atoms with Gasteiger partial charge in [-0.25, -0.2) is 0 Å². The van der Waals surface area contributed by atoms with E-state index in [0.29, 0.717) is 13.2 Å². The topological polar surface area (TPSA) is 54.0 Å². The van der Waals surface area contributed by atoms with Crippen molar-refractivity contribution in [2.45, 2.75) is 25.9 Å². The Morgan fingerprint density at radius 2 is 1.83 bits per heavy atom. The summed E-state index contributed by atoms with van der Waals surface area (Å²) in [5, 5.41) is 3.58. The number of hydrogen-bond donors (Lipinski definition) is 1. The first-order chi connectivity index (χ1) is 14.8. The molecule has 1 unspecified atom stereocenters. The summed E-state index contributed by atoms with van der Waals surface area (Å²) < 4.78 is 11.2. The SMILES string of the molecule is CCCOc1ccc(C2Nc3ccccc3C(=O)N2CCCN2CCOCC2)cc1. The first-order valence-corrected chi connectivity index (χ1v) is 11.0. The van der Waals surface area contributed by atoms with Gasteiger partial charge in [-0.3, -0.25) is 9.69 Å². The van der Waals surface area contributed by atoms with E-state index >= 15 is 0 Å². The number of carbonyl (C=O) groups excluding carboxylic acids is 1. The minimum absolute atomic E-state index is 0.0858. The third-order valence-electron chi connectivity index (χ3n) is 5.67. The van der Waals surface area contributed by atoms with Gasteiger partial charge >= 0.3 is 0 Å². The molecule has 0 spiro atoms. The molecule has 2 aromatic carbocycles. The van der Waals surface area contributed by atoms with Crippen LogP contribution in [0.4, 0.5) is 5.69 Å². The Hall–Kier alpha value is -2.57. The largest absolute Gasteiger partial charge is 0.494 e. The zero-order valence-electron chi connectivity index (χ0n) is 17.7. The van der Waals surface area contributed by atoms with Gasteiger partial charge in [0.1, 0.15) is 11.9 Å². The van der Waals surface area contributed by atoms with Gasteiger partial charge in [-0.2, -0.15) is 0 Å². The molecule has 0 aliphatic carbocycles. The number of nitrogens with one attached hydrogen (secondary N) is 1. The maximum Gasteiger partial charge on any atom is 0.257 e. The Labute approximate surface area is 178 Å². The number of ether oxygens (including phenoxy) is 2. The Bertz CT molecular complexity index is 834. The maximum absolute atomic E-state index is 13.3. The number of carbonyl (C=O) groups is 1. The molecule has 1 atom stereocenters. The highest BCUT2D eigenvalue weighted by molar-refractivity contribution is 6.01. The highest BCUT2D eigenvalue weighted by Crippen LogP contribution is 2.33. The number of fused-ring (bicyclic) bond motifs is 1. The van der Waals surface area contributed by atoms with E-state index in [0.717, 1.165) is 68.3 Å². The number of rotatable bonds is 8. The van der Waals surface area contributed by atoms with Gasteiger partial charge in [0.15, 0.2) is 0 Å².